The molecule has 1 aromatic heterocycles. The maximum absolute atomic E-state index is 13.5. The molecule has 1 heterocycles. The fourth-order valence-electron chi connectivity index (χ4n) is 5.00. The second kappa shape index (κ2) is 15.3. The van der Waals surface area contributed by atoms with Crippen molar-refractivity contribution in [1.29, 1.82) is 0 Å². The number of alkyl carbamates (subject to hydrolysis) is 1. The van der Waals surface area contributed by atoms with Crippen molar-refractivity contribution in [2.45, 2.75) is 96.6 Å². The standard InChI is InChI=1S/C35H43N5O9/c1-34(2,3)48-32(42)30(36)21-7-13-25(14-8-21)46-27-17-22(18-28(19-27)47-26-15-16-29(37-20-26)40(44)45)31(41)38-23-9-11-24(12-10-23)39-33(43)49-35(4,5)6/h7-8,13-20,23-24,30H,9-12,36H2,1-6H3,(H,38,41)(H,39,43). The Hall–Kier alpha value is -5.24. The highest BCUT2D eigenvalue weighted by Gasteiger charge is 2.27. The third-order valence-corrected chi connectivity index (χ3v) is 7.20. The van der Waals surface area contributed by atoms with Crippen LogP contribution in [0.15, 0.2) is 60.8 Å². The van der Waals surface area contributed by atoms with E-state index in [-0.39, 0.29) is 46.6 Å². The molecule has 49 heavy (non-hydrogen) atoms. The summed E-state index contributed by atoms with van der Waals surface area (Å²) in [6, 6.07) is 12.7. The number of benzene rings is 2. The number of esters is 1. The number of carbonyl (C=O) groups is 3. The maximum atomic E-state index is 13.5. The molecule has 4 N–H and O–H groups in total. The molecule has 0 aliphatic heterocycles. The fourth-order valence-corrected chi connectivity index (χ4v) is 5.00. The predicted molar refractivity (Wildman–Crippen MR) is 180 cm³/mol. The van der Waals surface area contributed by atoms with Crippen LogP contribution in [0.25, 0.3) is 0 Å². The molecule has 1 aliphatic rings. The Morgan fingerprint density at radius 2 is 1.33 bits per heavy atom. The van der Waals surface area contributed by atoms with E-state index in [1.807, 2.05) is 0 Å². The number of pyridine rings is 1. The molecule has 1 saturated carbocycles. The molecule has 0 radical (unpaired) electrons. The summed E-state index contributed by atoms with van der Waals surface area (Å²) in [5, 5.41) is 17.0. The molecule has 14 nitrogen and oxygen atoms in total. The molecule has 1 aliphatic carbocycles. The van der Waals surface area contributed by atoms with E-state index in [9.17, 15) is 24.5 Å². The van der Waals surface area contributed by atoms with Gasteiger partial charge in [-0.2, -0.15) is 0 Å². The molecule has 3 aromatic rings. The number of hydrogen-bond acceptors (Lipinski definition) is 11. The zero-order chi connectivity index (χ0) is 35.9. The normalized spacial score (nSPS) is 16.9. The number of nitrogens with two attached hydrogens (primary N) is 1. The smallest absolute Gasteiger partial charge is 0.407 e. The van der Waals surface area contributed by atoms with Gasteiger partial charge in [-0.25, -0.2) is 9.59 Å². The minimum Gasteiger partial charge on any atom is -0.459 e. The molecule has 262 valence electrons. The second-order valence-corrected chi connectivity index (χ2v) is 13.8. The summed E-state index contributed by atoms with van der Waals surface area (Å²) in [5.41, 5.74) is 5.61. The first kappa shape index (κ1) is 36.6. The van der Waals surface area contributed by atoms with E-state index in [0.29, 0.717) is 37.0 Å². The monoisotopic (exact) mass is 677 g/mol. The quantitative estimate of drug-likeness (QED) is 0.121. The lowest BCUT2D eigenvalue weighted by Crippen LogP contribution is -2.45. The van der Waals surface area contributed by atoms with Crippen LogP contribution in [0.2, 0.25) is 0 Å². The number of carbonyl (C=O) groups excluding carboxylic acids is 3. The highest BCUT2D eigenvalue weighted by atomic mass is 16.6. The van der Waals surface area contributed by atoms with Gasteiger partial charge in [-0.15, -0.1) is 0 Å². The number of nitrogens with zero attached hydrogens (tertiary/aromatic N) is 2. The molecule has 2 aromatic carbocycles. The molecule has 0 saturated heterocycles. The van der Waals surface area contributed by atoms with Crippen LogP contribution in [-0.2, 0) is 14.3 Å². The summed E-state index contributed by atoms with van der Waals surface area (Å²) in [5.74, 6) is -0.147. The van der Waals surface area contributed by atoms with Gasteiger partial charge < -0.3 is 45.4 Å². The van der Waals surface area contributed by atoms with Crippen molar-refractivity contribution in [3.63, 3.8) is 0 Å². The summed E-state index contributed by atoms with van der Waals surface area (Å²) in [7, 11) is 0. The number of aromatic nitrogens is 1. The van der Waals surface area contributed by atoms with Crippen LogP contribution in [0.3, 0.4) is 0 Å². The molecule has 2 amide bonds. The van der Waals surface area contributed by atoms with Gasteiger partial charge in [0.2, 0.25) is 0 Å². The van der Waals surface area contributed by atoms with Gasteiger partial charge in [-0.1, -0.05) is 12.1 Å². The van der Waals surface area contributed by atoms with Crippen LogP contribution >= 0.6 is 0 Å². The third kappa shape index (κ3) is 11.5. The van der Waals surface area contributed by atoms with Crippen LogP contribution in [0, 0.1) is 10.1 Å². The third-order valence-electron chi connectivity index (χ3n) is 7.20. The largest absolute Gasteiger partial charge is 0.459 e. The Kier molecular flexibility index (Phi) is 11.4. The number of rotatable bonds is 10. The minimum absolute atomic E-state index is 0.0555. The number of hydrogen-bond donors (Lipinski definition) is 3. The lowest BCUT2D eigenvalue weighted by molar-refractivity contribution is -0.389. The van der Waals surface area contributed by atoms with E-state index in [1.165, 1.54) is 24.4 Å². The SMILES string of the molecule is CC(C)(C)OC(=O)NC1CCC(NC(=O)c2cc(Oc3ccc(C(N)C(=O)OC(C)(C)C)cc3)cc(Oc3ccc([N+](=O)[O-])nc3)c2)CC1. The van der Waals surface area contributed by atoms with Gasteiger partial charge in [0.1, 0.15) is 34.5 Å². The Morgan fingerprint density at radius 1 is 0.796 bits per heavy atom. The van der Waals surface area contributed by atoms with E-state index in [1.54, 1.807) is 77.9 Å². The van der Waals surface area contributed by atoms with Gasteiger partial charge in [0.15, 0.2) is 11.9 Å². The first-order chi connectivity index (χ1) is 22.9. The Morgan fingerprint density at radius 3 is 1.84 bits per heavy atom. The van der Waals surface area contributed by atoms with Gasteiger partial charge in [0.05, 0.1) is 0 Å². The zero-order valence-corrected chi connectivity index (χ0v) is 28.5. The van der Waals surface area contributed by atoms with Gasteiger partial charge >= 0.3 is 17.9 Å². The first-order valence-corrected chi connectivity index (χ1v) is 15.9. The van der Waals surface area contributed by atoms with Crippen LogP contribution in [-0.4, -0.2) is 51.2 Å². The molecule has 0 bridgehead atoms. The van der Waals surface area contributed by atoms with Gasteiger partial charge in [-0.3, -0.25) is 4.79 Å². The lowest BCUT2D eigenvalue weighted by atomic mass is 9.91. The van der Waals surface area contributed by atoms with Crippen molar-refractivity contribution >= 4 is 23.8 Å². The van der Waals surface area contributed by atoms with Gasteiger partial charge in [0, 0.05) is 29.8 Å². The fraction of sp³-hybridized carbons (Fsp3) is 0.429. The van der Waals surface area contributed by atoms with Gasteiger partial charge in [0.25, 0.3) is 5.91 Å². The average molecular weight is 678 g/mol. The van der Waals surface area contributed by atoms with E-state index in [4.69, 9.17) is 24.7 Å². The van der Waals surface area contributed by atoms with Crippen LogP contribution < -0.4 is 25.8 Å². The number of nitrogens with one attached hydrogen (secondary N) is 2. The maximum Gasteiger partial charge on any atom is 0.407 e. The van der Waals surface area contributed by atoms with E-state index in [0.717, 1.165) is 0 Å². The van der Waals surface area contributed by atoms with Crippen LogP contribution in [0.1, 0.15) is 89.2 Å². The molecule has 0 spiro atoms. The minimum atomic E-state index is -0.987. The van der Waals surface area contributed by atoms with Crippen LogP contribution in [0.5, 0.6) is 23.0 Å². The Labute approximate surface area is 284 Å². The summed E-state index contributed by atoms with van der Waals surface area (Å²) in [6.07, 6.45) is 3.39. The van der Waals surface area contributed by atoms with E-state index < -0.39 is 34.2 Å². The molecular weight excluding hydrogens is 634 g/mol. The number of ether oxygens (including phenoxy) is 4. The molecule has 14 heteroatoms. The average Bonchev–Trinajstić information content (AvgIpc) is 3.00. The first-order valence-electron chi connectivity index (χ1n) is 15.9. The van der Waals surface area contributed by atoms with Crippen molar-refractivity contribution in [3.05, 3.63) is 82.0 Å². The second-order valence-electron chi connectivity index (χ2n) is 13.8. The van der Waals surface area contributed by atoms with Crippen LogP contribution in [0.4, 0.5) is 10.6 Å². The molecule has 1 fully saturated rings. The van der Waals surface area contributed by atoms with Gasteiger partial charge in [-0.05, 0) is 113 Å². The zero-order valence-electron chi connectivity index (χ0n) is 28.5. The van der Waals surface area contributed by atoms with Crippen molar-refractivity contribution in [1.82, 2.24) is 15.6 Å². The van der Waals surface area contributed by atoms with Crippen molar-refractivity contribution < 1.29 is 38.3 Å². The Bertz CT molecular complexity index is 1640. The molecule has 4 rings (SSSR count). The topological polar surface area (TPSA) is 194 Å². The van der Waals surface area contributed by atoms with Crippen molar-refractivity contribution in [3.8, 4) is 23.0 Å². The van der Waals surface area contributed by atoms with Crippen molar-refractivity contribution in [2.75, 3.05) is 0 Å². The number of nitro groups is 1. The predicted octanol–water partition coefficient (Wildman–Crippen LogP) is 6.48. The summed E-state index contributed by atoms with van der Waals surface area (Å²) >= 11 is 0. The highest BCUT2D eigenvalue weighted by molar-refractivity contribution is 5.95. The number of amides is 2. The summed E-state index contributed by atoms with van der Waals surface area (Å²) < 4.78 is 22.7. The van der Waals surface area contributed by atoms with E-state index >= 15 is 0 Å². The molecular formula is C35H43N5O9. The lowest BCUT2D eigenvalue weighted by Gasteiger charge is -2.30. The van der Waals surface area contributed by atoms with E-state index in [2.05, 4.69) is 15.6 Å². The summed E-state index contributed by atoms with van der Waals surface area (Å²) in [4.78, 5) is 52.3. The molecule has 1 unspecified atom stereocenters. The molecule has 1 atom stereocenters. The highest BCUT2D eigenvalue weighted by Crippen LogP contribution is 2.32. The van der Waals surface area contributed by atoms with Crippen molar-refractivity contribution in [2.24, 2.45) is 5.73 Å². The summed E-state index contributed by atoms with van der Waals surface area (Å²) in [6.45, 7) is 10.7. The Balaban J connectivity index is 1.48.